The zero-order chi connectivity index (χ0) is 17.2. The number of carbonyl (C=O) groups excluding carboxylic acids is 1. The van der Waals surface area contributed by atoms with E-state index in [0.29, 0.717) is 37.9 Å². The standard InChI is InChI=1S/C17H21N3O4/c18-10-13-2-1-12(11-19-13)16(23)20-5-3-17(4-6-20)14(22)9-15(17)24-8-7-21/h1-2,11,14-15,21-22H,3-9H2/t14-,15+/m1/s1. The Hall–Kier alpha value is -2.01. The number of aliphatic hydroxyl groups excluding tert-OH is 2. The summed E-state index contributed by atoms with van der Waals surface area (Å²) >= 11 is 0. The van der Waals surface area contributed by atoms with Crippen LogP contribution in [-0.2, 0) is 4.74 Å². The van der Waals surface area contributed by atoms with Crippen molar-refractivity contribution < 1.29 is 19.7 Å². The van der Waals surface area contributed by atoms with Crippen molar-refractivity contribution in [1.29, 1.82) is 5.26 Å². The number of carbonyl (C=O) groups is 1. The molecule has 3 rings (SSSR count). The van der Waals surface area contributed by atoms with E-state index in [-0.39, 0.29) is 36.3 Å². The number of nitrogens with zero attached hydrogens (tertiary/aromatic N) is 3. The molecule has 1 saturated carbocycles. The second kappa shape index (κ2) is 6.85. The minimum absolute atomic E-state index is 0.0288. The highest BCUT2D eigenvalue weighted by molar-refractivity contribution is 5.94. The topological polar surface area (TPSA) is 107 Å². The SMILES string of the molecule is N#Cc1ccc(C(=O)N2CCC3(CC2)[C@H](O)C[C@@H]3OCCO)cn1. The summed E-state index contributed by atoms with van der Waals surface area (Å²) in [5, 5.41) is 27.9. The van der Waals surface area contributed by atoms with Gasteiger partial charge in [-0.15, -0.1) is 0 Å². The fourth-order valence-electron chi connectivity index (χ4n) is 3.71. The van der Waals surface area contributed by atoms with E-state index in [4.69, 9.17) is 15.1 Å². The van der Waals surface area contributed by atoms with Gasteiger partial charge in [-0.05, 0) is 25.0 Å². The van der Waals surface area contributed by atoms with Gasteiger partial charge in [0.15, 0.2) is 0 Å². The molecule has 1 amide bonds. The summed E-state index contributed by atoms with van der Waals surface area (Å²) in [6.45, 7) is 1.35. The van der Waals surface area contributed by atoms with Crippen LogP contribution in [0.25, 0.3) is 0 Å². The molecular weight excluding hydrogens is 310 g/mol. The summed E-state index contributed by atoms with van der Waals surface area (Å²) in [6, 6.07) is 5.08. The van der Waals surface area contributed by atoms with Gasteiger partial charge >= 0.3 is 0 Å². The fourth-order valence-corrected chi connectivity index (χ4v) is 3.71. The Morgan fingerprint density at radius 1 is 1.46 bits per heavy atom. The summed E-state index contributed by atoms with van der Waals surface area (Å²) in [5.41, 5.74) is 0.451. The van der Waals surface area contributed by atoms with Gasteiger partial charge in [0.05, 0.1) is 31.0 Å². The second-order valence-corrected chi connectivity index (χ2v) is 6.40. The lowest BCUT2D eigenvalue weighted by Crippen LogP contribution is -2.62. The number of piperidine rings is 1. The first kappa shape index (κ1) is 16.8. The normalized spacial score (nSPS) is 25.1. The number of nitriles is 1. The van der Waals surface area contributed by atoms with E-state index in [1.54, 1.807) is 11.0 Å². The first-order chi connectivity index (χ1) is 11.6. The van der Waals surface area contributed by atoms with Crippen LogP contribution in [0.1, 0.15) is 35.3 Å². The molecule has 24 heavy (non-hydrogen) atoms. The Morgan fingerprint density at radius 2 is 2.21 bits per heavy atom. The molecule has 2 atom stereocenters. The minimum atomic E-state index is -0.407. The van der Waals surface area contributed by atoms with Crippen molar-refractivity contribution in [3.8, 4) is 6.07 Å². The van der Waals surface area contributed by atoms with Crippen LogP contribution in [0, 0.1) is 16.7 Å². The van der Waals surface area contributed by atoms with Crippen LogP contribution in [0.3, 0.4) is 0 Å². The summed E-state index contributed by atoms with van der Waals surface area (Å²) in [5.74, 6) is -0.108. The molecule has 2 aliphatic rings. The Morgan fingerprint density at radius 3 is 2.75 bits per heavy atom. The van der Waals surface area contributed by atoms with Crippen LogP contribution >= 0.6 is 0 Å². The molecule has 7 heteroatoms. The van der Waals surface area contributed by atoms with Crippen LogP contribution in [0.4, 0.5) is 0 Å². The number of ether oxygens (including phenoxy) is 1. The molecule has 1 aliphatic heterocycles. The van der Waals surface area contributed by atoms with E-state index in [0.717, 1.165) is 0 Å². The molecule has 0 radical (unpaired) electrons. The Bertz CT molecular complexity index is 632. The van der Waals surface area contributed by atoms with Crippen LogP contribution < -0.4 is 0 Å². The number of amides is 1. The highest BCUT2D eigenvalue weighted by atomic mass is 16.5. The van der Waals surface area contributed by atoms with Crippen molar-refractivity contribution in [2.45, 2.75) is 31.5 Å². The van der Waals surface area contributed by atoms with Crippen LogP contribution in [0.5, 0.6) is 0 Å². The number of hydrogen-bond donors (Lipinski definition) is 2. The number of aromatic nitrogens is 1. The van der Waals surface area contributed by atoms with Crippen molar-refractivity contribution in [3.63, 3.8) is 0 Å². The molecule has 2 heterocycles. The van der Waals surface area contributed by atoms with Gasteiger partial charge in [0.1, 0.15) is 11.8 Å². The Labute approximate surface area is 140 Å². The molecular formula is C17H21N3O4. The van der Waals surface area contributed by atoms with Crippen molar-refractivity contribution in [3.05, 3.63) is 29.6 Å². The smallest absolute Gasteiger partial charge is 0.255 e. The molecule has 0 unspecified atom stereocenters. The molecule has 0 aromatic carbocycles. The maximum atomic E-state index is 12.5. The van der Waals surface area contributed by atoms with E-state index in [1.807, 2.05) is 6.07 Å². The highest BCUT2D eigenvalue weighted by Gasteiger charge is 2.56. The van der Waals surface area contributed by atoms with E-state index in [1.165, 1.54) is 12.3 Å². The van der Waals surface area contributed by atoms with Gasteiger partial charge in [-0.25, -0.2) is 4.98 Å². The zero-order valence-corrected chi connectivity index (χ0v) is 13.4. The lowest BCUT2D eigenvalue weighted by molar-refractivity contribution is -0.211. The van der Waals surface area contributed by atoms with Gasteiger partial charge in [0, 0.05) is 31.1 Å². The van der Waals surface area contributed by atoms with Crippen molar-refractivity contribution >= 4 is 5.91 Å². The van der Waals surface area contributed by atoms with Crippen molar-refractivity contribution in [1.82, 2.24) is 9.88 Å². The molecule has 1 aromatic rings. The second-order valence-electron chi connectivity index (χ2n) is 6.40. The van der Waals surface area contributed by atoms with Gasteiger partial charge in [-0.3, -0.25) is 4.79 Å². The molecule has 1 aromatic heterocycles. The molecule has 2 fully saturated rings. The van der Waals surface area contributed by atoms with Crippen LogP contribution in [-0.4, -0.2) is 64.5 Å². The predicted octanol–water partition coefficient (Wildman–Crippen LogP) is 0.318. The summed E-state index contributed by atoms with van der Waals surface area (Å²) in [7, 11) is 0. The number of pyridine rings is 1. The van der Waals surface area contributed by atoms with E-state index >= 15 is 0 Å². The Balaban J connectivity index is 1.62. The third-order valence-corrected chi connectivity index (χ3v) is 5.26. The number of hydrogen-bond acceptors (Lipinski definition) is 6. The molecule has 0 bridgehead atoms. The molecule has 1 aliphatic carbocycles. The fraction of sp³-hybridized carbons (Fsp3) is 0.588. The lowest BCUT2D eigenvalue weighted by Gasteiger charge is -2.56. The van der Waals surface area contributed by atoms with Crippen molar-refractivity contribution in [2.75, 3.05) is 26.3 Å². The van der Waals surface area contributed by atoms with Gasteiger partial charge < -0.3 is 19.8 Å². The van der Waals surface area contributed by atoms with E-state index in [2.05, 4.69) is 4.98 Å². The van der Waals surface area contributed by atoms with Gasteiger partial charge in [-0.2, -0.15) is 5.26 Å². The van der Waals surface area contributed by atoms with E-state index in [9.17, 15) is 9.90 Å². The molecule has 2 N–H and O–H groups in total. The molecule has 1 saturated heterocycles. The van der Waals surface area contributed by atoms with Gasteiger partial charge in [0.2, 0.25) is 0 Å². The lowest BCUT2D eigenvalue weighted by atomic mass is 9.58. The average molecular weight is 331 g/mol. The summed E-state index contributed by atoms with van der Waals surface area (Å²) in [6.07, 6.45) is 2.92. The first-order valence-corrected chi connectivity index (χ1v) is 8.16. The average Bonchev–Trinajstić information content (AvgIpc) is 2.64. The van der Waals surface area contributed by atoms with E-state index < -0.39 is 6.10 Å². The molecule has 128 valence electrons. The van der Waals surface area contributed by atoms with Crippen LogP contribution in [0.2, 0.25) is 0 Å². The van der Waals surface area contributed by atoms with Crippen molar-refractivity contribution in [2.24, 2.45) is 5.41 Å². The summed E-state index contributed by atoms with van der Waals surface area (Å²) in [4.78, 5) is 18.2. The quantitative estimate of drug-likeness (QED) is 0.823. The highest BCUT2D eigenvalue weighted by Crippen LogP contribution is 2.51. The number of rotatable bonds is 4. The van der Waals surface area contributed by atoms with Crippen LogP contribution in [0.15, 0.2) is 18.3 Å². The largest absolute Gasteiger partial charge is 0.394 e. The maximum Gasteiger partial charge on any atom is 0.255 e. The molecule has 1 spiro atoms. The summed E-state index contributed by atoms with van der Waals surface area (Å²) < 4.78 is 5.64. The third kappa shape index (κ3) is 2.88. The predicted molar refractivity (Wildman–Crippen MR) is 84.0 cm³/mol. The maximum absolute atomic E-state index is 12.5. The first-order valence-electron chi connectivity index (χ1n) is 8.16. The van der Waals surface area contributed by atoms with Gasteiger partial charge in [0.25, 0.3) is 5.91 Å². The Kier molecular flexibility index (Phi) is 4.81. The zero-order valence-electron chi connectivity index (χ0n) is 13.4. The number of likely N-dealkylation sites (tertiary alicyclic amines) is 1. The third-order valence-electron chi connectivity index (χ3n) is 5.26. The minimum Gasteiger partial charge on any atom is -0.394 e. The monoisotopic (exact) mass is 331 g/mol. The van der Waals surface area contributed by atoms with Gasteiger partial charge in [-0.1, -0.05) is 0 Å². The number of aliphatic hydroxyl groups is 2. The molecule has 7 nitrogen and oxygen atoms in total.